The predicted octanol–water partition coefficient (Wildman–Crippen LogP) is 1.75. The highest BCUT2D eigenvalue weighted by molar-refractivity contribution is 5.98. The smallest absolute Gasteiger partial charge is 0.270 e. The lowest BCUT2D eigenvalue weighted by Crippen LogP contribution is -2.27. The summed E-state index contributed by atoms with van der Waals surface area (Å²) in [6, 6.07) is 5.80. The Bertz CT molecular complexity index is 448. The maximum absolute atomic E-state index is 12.0. The van der Waals surface area contributed by atoms with Crippen LogP contribution in [0.25, 0.3) is 0 Å². The molecule has 0 saturated heterocycles. The van der Waals surface area contributed by atoms with Crippen molar-refractivity contribution in [2.75, 3.05) is 33.9 Å². The molecule has 6 nitrogen and oxygen atoms in total. The number of Topliss-reactive ketones (excluding diaryl/α,β-unsaturated/α-hetero) is 1. The van der Waals surface area contributed by atoms with Crippen LogP contribution in [-0.2, 0) is 4.74 Å². The topological polar surface area (TPSA) is 72.7 Å². The van der Waals surface area contributed by atoms with E-state index in [0.29, 0.717) is 12.2 Å². The average molecular weight is 266 g/mol. The van der Waals surface area contributed by atoms with Gasteiger partial charge in [-0.15, -0.1) is 0 Å². The van der Waals surface area contributed by atoms with Crippen molar-refractivity contribution in [3.8, 4) is 0 Å². The molecule has 0 aliphatic carbocycles. The quantitative estimate of drug-likeness (QED) is 0.310. The molecule has 0 fully saturated rings. The summed E-state index contributed by atoms with van der Waals surface area (Å²) >= 11 is 0. The lowest BCUT2D eigenvalue weighted by atomic mass is 10.1. The minimum absolute atomic E-state index is 0.0621. The molecule has 0 saturated carbocycles. The second-order valence-electron chi connectivity index (χ2n) is 4.31. The molecule has 6 heteroatoms. The average Bonchev–Trinajstić information content (AvgIpc) is 2.39. The third-order valence-electron chi connectivity index (χ3n) is 2.68. The van der Waals surface area contributed by atoms with Crippen molar-refractivity contribution in [1.29, 1.82) is 0 Å². The number of carbonyl (C=O) groups is 1. The van der Waals surface area contributed by atoms with Crippen LogP contribution in [0.4, 0.5) is 5.69 Å². The minimum Gasteiger partial charge on any atom is -0.385 e. The van der Waals surface area contributed by atoms with Crippen LogP contribution >= 0.6 is 0 Å². The Morgan fingerprint density at radius 3 is 2.84 bits per heavy atom. The molecule has 19 heavy (non-hydrogen) atoms. The van der Waals surface area contributed by atoms with Gasteiger partial charge in [-0.05, 0) is 13.5 Å². The van der Waals surface area contributed by atoms with Gasteiger partial charge in [-0.2, -0.15) is 0 Å². The number of ether oxygens (including phenoxy) is 1. The van der Waals surface area contributed by atoms with Crippen molar-refractivity contribution < 1.29 is 14.5 Å². The summed E-state index contributed by atoms with van der Waals surface area (Å²) in [4.78, 5) is 24.0. The fraction of sp³-hybridized carbons (Fsp3) is 0.462. The van der Waals surface area contributed by atoms with Crippen molar-refractivity contribution >= 4 is 11.5 Å². The molecule has 0 aromatic heterocycles. The third kappa shape index (κ3) is 5.15. The molecule has 1 aromatic carbocycles. The highest BCUT2D eigenvalue weighted by atomic mass is 16.6. The molecule has 1 rings (SSSR count). The highest BCUT2D eigenvalue weighted by Crippen LogP contribution is 2.13. The fourth-order valence-corrected chi connectivity index (χ4v) is 1.69. The second-order valence-corrected chi connectivity index (χ2v) is 4.31. The van der Waals surface area contributed by atoms with Crippen LogP contribution in [-0.4, -0.2) is 49.5 Å². The minimum atomic E-state index is -0.501. The summed E-state index contributed by atoms with van der Waals surface area (Å²) in [5.41, 5.74) is 0.306. The molecule has 0 unspecified atom stereocenters. The predicted molar refractivity (Wildman–Crippen MR) is 71.4 cm³/mol. The first-order valence-electron chi connectivity index (χ1n) is 5.99. The zero-order valence-electron chi connectivity index (χ0n) is 11.2. The summed E-state index contributed by atoms with van der Waals surface area (Å²) < 4.78 is 4.94. The van der Waals surface area contributed by atoms with E-state index in [4.69, 9.17) is 4.74 Å². The first-order chi connectivity index (χ1) is 9.04. The van der Waals surface area contributed by atoms with Crippen LogP contribution in [0.15, 0.2) is 24.3 Å². The maximum atomic E-state index is 12.0. The van der Waals surface area contributed by atoms with Gasteiger partial charge < -0.3 is 4.74 Å². The number of nitro groups is 1. The molecule has 1 aromatic rings. The van der Waals surface area contributed by atoms with Crippen LogP contribution in [0, 0.1) is 10.1 Å². The molecule has 0 bridgehead atoms. The van der Waals surface area contributed by atoms with E-state index in [-0.39, 0.29) is 18.0 Å². The van der Waals surface area contributed by atoms with E-state index in [0.717, 1.165) is 13.0 Å². The number of likely N-dealkylation sites (N-methyl/N-ethyl adjacent to an activating group) is 1. The van der Waals surface area contributed by atoms with E-state index in [9.17, 15) is 14.9 Å². The fourth-order valence-electron chi connectivity index (χ4n) is 1.69. The summed E-state index contributed by atoms with van der Waals surface area (Å²) in [7, 11) is 3.47. The highest BCUT2D eigenvalue weighted by Gasteiger charge is 2.13. The summed E-state index contributed by atoms with van der Waals surface area (Å²) in [6.07, 6.45) is 0.842. The number of nitrogens with zero attached hydrogens (tertiary/aromatic N) is 2. The summed E-state index contributed by atoms with van der Waals surface area (Å²) in [6.45, 7) is 1.63. The summed E-state index contributed by atoms with van der Waals surface area (Å²) in [5.74, 6) is -0.122. The monoisotopic (exact) mass is 266 g/mol. The Hall–Kier alpha value is -1.79. The standard InChI is InChI=1S/C13H18N2O4/c1-14(7-4-8-19-2)10-13(16)11-5-3-6-12(9-11)15(17)18/h3,5-6,9H,4,7-8,10H2,1-2H3. The van der Waals surface area contributed by atoms with Crippen LogP contribution in [0.5, 0.6) is 0 Å². The number of ketones is 1. The van der Waals surface area contributed by atoms with Gasteiger partial charge in [-0.1, -0.05) is 12.1 Å². The van der Waals surface area contributed by atoms with Crippen LogP contribution < -0.4 is 0 Å². The summed E-state index contributed by atoms with van der Waals surface area (Å²) in [5, 5.41) is 10.6. The van der Waals surface area contributed by atoms with Crippen molar-refractivity contribution in [3.05, 3.63) is 39.9 Å². The van der Waals surface area contributed by atoms with E-state index < -0.39 is 4.92 Å². The Morgan fingerprint density at radius 1 is 1.47 bits per heavy atom. The Kier molecular flexibility index (Phi) is 6.11. The lowest BCUT2D eigenvalue weighted by molar-refractivity contribution is -0.384. The molecule has 0 heterocycles. The van der Waals surface area contributed by atoms with E-state index >= 15 is 0 Å². The van der Waals surface area contributed by atoms with Gasteiger partial charge in [-0.3, -0.25) is 19.8 Å². The third-order valence-corrected chi connectivity index (χ3v) is 2.68. The van der Waals surface area contributed by atoms with Gasteiger partial charge in [0, 0.05) is 38.0 Å². The molecule has 0 amide bonds. The Balaban J connectivity index is 2.57. The molecular formula is C13H18N2O4. The first kappa shape index (κ1) is 15.3. The van der Waals surface area contributed by atoms with Crippen molar-refractivity contribution in [2.45, 2.75) is 6.42 Å². The number of hydrogen-bond donors (Lipinski definition) is 0. The molecule has 0 N–H and O–H groups in total. The number of hydrogen-bond acceptors (Lipinski definition) is 5. The second kappa shape index (κ2) is 7.60. The molecule has 0 aliphatic rings. The SMILES string of the molecule is COCCCN(C)CC(=O)c1cccc([N+](=O)[O-])c1. The molecular weight excluding hydrogens is 248 g/mol. The van der Waals surface area contributed by atoms with E-state index in [1.165, 1.54) is 18.2 Å². The molecule has 0 spiro atoms. The number of non-ortho nitro benzene ring substituents is 1. The van der Waals surface area contributed by atoms with Crippen molar-refractivity contribution in [3.63, 3.8) is 0 Å². The molecule has 0 radical (unpaired) electrons. The number of rotatable bonds is 8. The van der Waals surface area contributed by atoms with Crippen LogP contribution in [0.1, 0.15) is 16.8 Å². The Labute approximate surface area is 112 Å². The molecule has 0 atom stereocenters. The van der Waals surface area contributed by atoms with Gasteiger partial charge in [-0.25, -0.2) is 0 Å². The Morgan fingerprint density at radius 2 is 2.21 bits per heavy atom. The van der Waals surface area contributed by atoms with Gasteiger partial charge in [0.2, 0.25) is 0 Å². The number of carbonyl (C=O) groups excluding carboxylic acids is 1. The molecule has 104 valence electrons. The maximum Gasteiger partial charge on any atom is 0.270 e. The first-order valence-corrected chi connectivity index (χ1v) is 5.99. The zero-order valence-corrected chi connectivity index (χ0v) is 11.2. The van der Waals surface area contributed by atoms with E-state index in [1.54, 1.807) is 13.2 Å². The van der Waals surface area contributed by atoms with Gasteiger partial charge >= 0.3 is 0 Å². The van der Waals surface area contributed by atoms with Gasteiger partial charge in [0.25, 0.3) is 5.69 Å². The lowest BCUT2D eigenvalue weighted by Gasteiger charge is -2.15. The van der Waals surface area contributed by atoms with E-state index in [1.807, 2.05) is 11.9 Å². The number of benzene rings is 1. The van der Waals surface area contributed by atoms with Crippen molar-refractivity contribution in [1.82, 2.24) is 4.90 Å². The number of methoxy groups -OCH3 is 1. The van der Waals surface area contributed by atoms with Crippen LogP contribution in [0.2, 0.25) is 0 Å². The van der Waals surface area contributed by atoms with Gasteiger partial charge in [0.1, 0.15) is 0 Å². The largest absolute Gasteiger partial charge is 0.385 e. The number of nitro benzene ring substituents is 1. The van der Waals surface area contributed by atoms with Gasteiger partial charge in [0.05, 0.1) is 11.5 Å². The zero-order chi connectivity index (χ0) is 14.3. The van der Waals surface area contributed by atoms with Crippen LogP contribution in [0.3, 0.4) is 0 Å². The van der Waals surface area contributed by atoms with E-state index in [2.05, 4.69) is 0 Å². The molecule has 0 aliphatic heterocycles. The van der Waals surface area contributed by atoms with Gasteiger partial charge in [0.15, 0.2) is 5.78 Å². The van der Waals surface area contributed by atoms with Crippen molar-refractivity contribution in [2.24, 2.45) is 0 Å². The normalized spacial score (nSPS) is 10.7.